The standard InChI is InChI=1S/C27H35Cl2FN2O4/c1-15(33)12-16-13-17(14-20(16)31-25(35)36-26(2,3)4)24(34)32-23(27(5)10-6-7-11-27)21-19(30)9-8-18(28)22(21)29/h8-9,16-17,23H,6-7,10-14H2,1-5H3,(H,32,34)/b31-20+/t16-,17?,23+/m0/s1. The number of hydrogen-bond donors (Lipinski definition) is 1. The van der Waals surface area contributed by atoms with E-state index in [0.29, 0.717) is 12.1 Å². The van der Waals surface area contributed by atoms with Gasteiger partial charge < -0.3 is 14.8 Å². The average molecular weight is 541 g/mol. The summed E-state index contributed by atoms with van der Waals surface area (Å²) >= 11 is 12.7. The summed E-state index contributed by atoms with van der Waals surface area (Å²) in [7, 11) is 0. The van der Waals surface area contributed by atoms with Crippen LogP contribution in [0.15, 0.2) is 17.1 Å². The van der Waals surface area contributed by atoms with Gasteiger partial charge in [0.1, 0.15) is 17.2 Å². The van der Waals surface area contributed by atoms with Crippen LogP contribution >= 0.6 is 23.2 Å². The average Bonchev–Trinajstić information content (AvgIpc) is 3.35. The zero-order valence-electron chi connectivity index (χ0n) is 21.6. The van der Waals surface area contributed by atoms with Crippen molar-refractivity contribution in [1.29, 1.82) is 0 Å². The van der Waals surface area contributed by atoms with Gasteiger partial charge in [-0.3, -0.25) is 4.79 Å². The number of benzene rings is 1. The van der Waals surface area contributed by atoms with Gasteiger partial charge in [-0.15, -0.1) is 0 Å². The largest absolute Gasteiger partial charge is 0.442 e. The maximum atomic E-state index is 15.1. The number of aliphatic imine (C=N–C) groups is 1. The number of Topliss-reactive ketones (excluding diaryl/α,β-unsaturated/α-hetero) is 1. The van der Waals surface area contributed by atoms with Crippen molar-refractivity contribution in [3.8, 4) is 0 Å². The molecule has 0 radical (unpaired) electrons. The van der Waals surface area contributed by atoms with Gasteiger partial charge >= 0.3 is 6.09 Å². The van der Waals surface area contributed by atoms with E-state index in [2.05, 4.69) is 10.3 Å². The van der Waals surface area contributed by atoms with Gasteiger partial charge in [-0.2, -0.15) is 4.99 Å². The summed E-state index contributed by atoms with van der Waals surface area (Å²) < 4.78 is 20.4. The van der Waals surface area contributed by atoms with E-state index in [9.17, 15) is 14.4 Å². The van der Waals surface area contributed by atoms with E-state index >= 15 is 4.39 Å². The first kappa shape index (κ1) is 28.6. The van der Waals surface area contributed by atoms with E-state index in [0.717, 1.165) is 25.7 Å². The molecule has 0 bridgehead atoms. The number of ketones is 1. The van der Waals surface area contributed by atoms with Crippen molar-refractivity contribution in [3.05, 3.63) is 33.6 Å². The molecule has 2 fully saturated rings. The van der Waals surface area contributed by atoms with Crippen molar-refractivity contribution in [1.82, 2.24) is 5.32 Å². The predicted molar refractivity (Wildman–Crippen MR) is 139 cm³/mol. The molecular weight excluding hydrogens is 506 g/mol. The molecule has 2 saturated carbocycles. The van der Waals surface area contributed by atoms with Gasteiger partial charge in [0.25, 0.3) is 0 Å². The summed E-state index contributed by atoms with van der Waals surface area (Å²) in [6.45, 7) is 8.73. The van der Waals surface area contributed by atoms with Crippen molar-refractivity contribution in [3.63, 3.8) is 0 Å². The number of ether oxygens (including phenoxy) is 1. The molecular formula is C27H35Cl2FN2O4. The molecule has 3 atom stereocenters. The third-order valence-electron chi connectivity index (χ3n) is 7.13. The van der Waals surface area contributed by atoms with Crippen molar-refractivity contribution < 1.29 is 23.5 Å². The Morgan fingerprint density at radius 1 is 1.22 bits per heavy atom. The lowest BCUT2D eigenvalue weighted by atomic mass is 9.76. The molecule has 0 saturated heterocycles. The van der Waals surface area contributed by atoms with Crippen LogP contribution in [0.2, 0.25) is 10.0 Å². The Morgan fingerprint density at radius 3 is 2.44 bits per heavy atom. The Balaban J connectivity index is 1.89. The van der Waals surface area contributed by atoms with Crippen LogP contribution in [0.5, 0.6) is 0 Å². The number of halogens is 3. The molecule has 0 aromatic heterocycles. The molecule has 2 aliphatic carbocycles. The minimum atomic E-state index is -0.740. The second kappa shape index (κ2) is 11.2. The van der Waals surface area contributed by atoms with Crippen molar-refractivity contribution in [2.24, 2.45) is 22.2 Å². The first-order valence-corrected chi connectivity index (χ1v) is 13.2. The number of carbonyl (C=O) groups is 3. The fourth-order valence-electron chi connectivity index (χ4n) is 5.40. The lowest BCUT2D eigenvalue weighted by molar-refractivity contribution is -0.127. The van der Waals surface area contributed by atoms with Gasteiger partial charge in [-0.05, 0) is 70.9 Å². The van der Waals surface area contributed by atoms with Crippen LogP contribution < -0.4 is 5.32 Å². The van der Waals surface area contributed by atoms with E-state index in [1.54, 1.807) is 20.8 Å². The Kier molecular flexibility index (Phi) is 8.87. The highest BCUT2D eigenvalue weighted by Crippen LogP contribution is 2.50. The second-order valence-corrected chi connectivity index (χ2v) is 12.2. The van der Waals surface area contributed by atoms with Crippen LogP contribution in [-0.2, 0) is 14.3 Å². The Hall–Kier alpha value is -1.99. The van der Waals surface area contributed by atoms with Gasteiger partial charge in [0, 0.05) is 29.5 Å². The summed E-state index contributed by atoms with van der Waals surface area (Å²) in [5, 5.41) is 3.40. The van der Waals surface area contributed by atoms with Crippen LogP contribution in [0.1, 0.15) is 91.2 Å². The molecule has 3 rings (SSSR count). The Bertz CT molecular complexity index is 1060. The Morgan fingerprint density at radius 2 is 1.86 bits per heavy atom. The van der Waals surface area contributed by atoms with E-state index in [-0.39, 0.29) is 46.1 Å². The fraction of sp³-hybridized carbons (Fsp3) is 0.630. The highest BCUT2D eigenvalue weighted by molar-refractivity contribution is 6.42. The SMILES string of the molecule is CC(=O)C[C@H]1CC(C(=O)N[C@H](c2c(F)ccc(Cl)c2Cl)C2(C)CCCC2)C/C1=N\C(=O)OC(C)(C)C. The molecule has 2 amide bonds. The second-order valence-electron chi connectivity index (χ2n) is 11.4. The van der Waals surface area contributed by atoms with Gasteiger partial charge in [0.2, 0.25) is 5.91 Å². The lowest BCUT2D eigenvalue weighted by Crippen LogP contribution is -2.41. The third kappa shape index (κ3) is 6.86. The van der Waals surface area contributed by atoms with Gasteiger partial charge in [0.05, 0.1) is 16.1 Å². The van der Waals surface area contributed by atoms with E-state index in [1.807, 2.05) is 6.92 Å². The highest BCUT2D eigenvalue weighted by atomic mass is 35.5. The van der Waals surface area contributed by atoms with Crippen LogP contribution in [0.3, 0.4) is 0 Å². The zero-order valence-corrected chi connectivity index (χ0v) is 23.1. The number of nitrogens with one attached hydrogen (secondary N) is 1. The number of carbonyl (C=O) groups excluding carboxylic acids is 3. The number of rotatable bonds is 6. The van der Waals surface area contributed by atoms with Crippen LogP contribution in [0.4, 0.5) is 9.18 Å². The van der Waals surface area contributed by atoms with Gasteiger partial charge in [0.15, 0.2) is 0 Å². The third-order valence-corrected chi connectivity index (χ3v) is 7.95. The van der Waals surface area contributed by atoms with Gasteiger partial charge in [-0.1, -0.05) is 43.0 Å². The fourth-order valence-corrected chi connectivity index (χ4v) is 5.83. The van der Waals surface area contributed by atoms with Crippen molar-refractivity contribution in [2.75, 3.05) is 0 Å². The summed E-state index contributed by atoms with van der Waals surface area (Å²) in [5.74, 6) is -1.72. The molecule has 1 N–H and O–H groups in total. The monoisotopic (exact) mass is 540 g/mol. The first-order valence-electron chi connectivity index (χ1n) is 12.4. The van der Waals surface area contributed by atoms with Crippen molar-refractivity contribution >= 4 is 46.7 Å². The molecule has 1 aromatic rings. The molecule has 0 heterocycles. The molecule has 1 aromatic carbocycles. The van der Waals surface area contributed by atoms with E-state index in [1.165, 1.54) is 19.1 Å². The smallest absolute Gasteiger partial charge is 0.434 e. The lowest BCUT2D eigenvalue weighted by Gasteiger charge is -2.36. The predicted octanol–water partition coefficient (Wildman–Crippen LogP) is 7.25. The molecule has 9 heteroatoms. The molecule has 6 nitrogen and oxygen atoms in total. The van der Waals surface area contributed by atoms with E-state index in [4.69, 9.17) is 27.9 Å². The summed E-state index contributed by atoms with van der Waals surface area (Å²) in [4.78, 5) is 41.9. The van der Waals surface area contributed by atoms with E-state index < -0.39 is 34.9 Å². The molecule has 1 unspecified atom stereocenters. The van der Waals surface area contributed by atoms with Crippen molar-refractivity contribution in [2.45, 2.75) is 91.2 Å². The summed E-state index contributed by atoms with van der Waals surface area (Å²) in [5.41, 5.74) is -0.426. The molecule has 2 aliphatic rings. The van der Waals surface area contributed by atoms with Crippen LogP contribution in [0.25, 0.3) is 0 Å². The summed E-state index contributed by atoms with van der Waals surface area (Å²) in [6.07, 6.45) is 3.59. The molecule has 36 heavy (non-hydrogen) atoms. The Labute approximate surface area is 222 Å². The molecule has 198 valence electrons. The highest BCUT2D eigenvalue weighted by Gasteiger charge is 2.44. The van der Waals surface area contributed by atoms with Crippen LogP contribution in [0, 0.1) is 23.1 Å². The minimum Gasteiger partial charge on any atom is -0.442 e. The molecule has 0 aliphatic heterocycles. The topological polar surface area (TPSA) is 84.8 Å². The minimum absolute atomic E-state index is 0.0536. The maximum Gasteiger partial charge on any atom is 0.434 e. The van der Waals surface area contributed by atoms with Crippen LogP contribution in [-0.4, -0.2) is 29.1 Å². The van der Waals surface area contributed by atoms with Gasteiger partial charge in [-0.25, -0.2) is 9.18 Å². The summed E-state index contributed by atoms with van der Waals surface area (Å²) in [6, 6.07) is 2.00. The number of hydrogen-bond acceptors (Lipinski definition) is 4. The number of nitrogens with zero attached hydrogens (tertiary/aromatic N) is 1. The maximum absolute atomic E-state index is 15.1. The molecule has 0 spiro atoms. The zero-order chi connectivity index (χ0) is 26.8. The first-order chi connectivity index (χ1) is 16.7. The number of amides is 2. The normalized spacial score (nSPS) is 23.5. The quantitative estimate of drug-likeness (QED) is 0.385.